The van der Waals surface area contributed by atoms with Crippen LogP contribution in [-0.2, 0) is 10.0 Å². The van der Waals surface area contributed by atoms with Crippen molar-refractivity contribution in [2.75, 3.05) is 4.31 Å². The summed E-state index contributed by atoms with van der Waals surface area (Å²) < 4.78 is 61.7. The van der Waals surface area contributed by atoms with E-state index in [0.717, 1.165) is 18.3 Å². The van der Waals surface area contributed by atoms with Gasteiger partial charge >= 0.3 is 15.5 Å². The lowest BCUT2D eigenvalue weighted by Gasteiger charge is -2.23. The van der Waals surface area contributed by atoms with Crippen LogP contribution in [-0.4, -0.2) is 24.8 Å². The van der Waals surface area contributed by atoms with Gasteiger partial charge in [0.1, 0.15) is 0 Å². The lowest BCUT2D eigenvalue weighted by molar-refractivity contribution is -0.0437. The first-order valence-corrected chi connectivity index (χ1v) is 7.30. The minimum Gasteiger partial charge on any atom is -0.268 e. The number of pyridine rings is 1. The molecule has 0 aliphatic carbocycles. The summed E-state index contributed by atoms with van der Waals surface area (Å²) in [7, 11) is -5.88. The molecule has 0 fully saturated rings. The summed E-state index contributed by atoms with van der Waals surface area (Å²) in [5.41, 5.74) is -6.30. The summed E-state index contributed by atoms with van der Waals surface area (Å²) in [5, 5.41) is 0. The van der Waals surface area contributed by atoms with E-state index in [1.54, 1.807) is 0 Å². The molecule has 1 heterocycles. The minimum absolute atomic E-state index is 0.274. The molecule has 0 aliphatic rings. The molecule has 2 rings (SSSR count). The third-order valence-electron chi connectivity index (χ3n) is 2.62. The number of para-hydroxylation sites is 1. The highest BCUT2D eigenvalue weighted by Crippen LogP contribution is 2.31. The summed E-state index contributed by atoms with van der Waals surface area (Å²) in [5.74, 6) is -1.34. The third kappa shape index (κ3) is 2.93. The normalized spacial score (nSPS) is 12.0. The van der Waals surface area contributed by atoms with Gasteiger partial charge in [-0.1, -0.05) is 18.2 Å². The maximum Gasteiger partial charge on any atom is 0.517 e. The highest BCUT2D eigenvalue weighted by molar-refractivity contribution is 7.94. The van der Waals surface area contributed by atoms with Crippen molar-refractivity contribution in [1.29, 1.82) is 0 Å². The summed E-state index contributed by atoms with van der Waals surface area (Å²) in [4.78, 5) is 15.8. The number of benzene rings is 1. The molecule has 22 heavy (non-hydrogen) atoms. The highest BCUT2D eigenvalue weighted by Gasteiger charge is 2.52. The highest BCUT2D eigenvalue weighted by atomic mass is 32.2. The number of hydrogen-bond acceptors (Lipinski definition) is 4. The largest absolute Gasteiger partial charge is 0.517 e. The van der Waals surface area contributed by atoms with Gasteiger partial charge in [-0.3, -0.25) is 9.78 Å². The Kier molecular flexibility index (Phi) is 4.18. The van der Waals surface area contributed by atoms with Gasteiger partial charge in [-0.15, -0.1) is 0 Å². The molecule has 116 valence electrons. The molecule has 0 saturated carbocycles. The number of rotatable bonds is 3. The van der Waals surface area contributed by atoms with Crippen LogP contribution in [0.1, 0.15) is 10.4 Å². The minimum atomic E-state index is -5.88. The van der Waals surface area contributed by atoms with E-state index in [1.165, 1.54) is 36.5 Å². The number of alkyl halides is 3. The lowest BCUT2D eigenvalue weighted by Crippen LogP contribution is -2.44. The van der Waals surface area contributed by atoms with Crippen molar-refractivity contribution in [3.8, 4) is 0 Å². The summed E-state index contributed by atoms with van der Waals surface area (Å²) in [6.07, 6.45) is 2.30. The molecule has 1 amide bonds. The van der Waals surface area contributed by atoms with Gasteiger partial charge in [0, 0.05) is 12.4 Å². The molecular weight excluding hydrogens is 321 g/mol. The summed E-state index contributed by atoms with van der Waals surface area (Å²) in [6.45, 7) is 0. The van der Waals surface area contributed by atoms with E-state index in [-0.39, 0.29) is 9.87 Å². The Hall–Kier alpha value is -2.42. The van der Waals surface area contributed by atoms with Crippen molar-refractivity contribution >= 4 is 21.6 Å². The van der Waals surface area contributed by atoms with Gasteiger partial charge in [-0.05, 0) is 24.3 Å². The fourth-order valence-electron chi connectivity index (χ4n) is 1.64. The molecule has 0 radical (unpaired) electrons. The lowest BCUT2D eigenvalue weighted by atomic mass is 10.2. The molecule has 0 aliphatic heterocycles. The molecule has 1 aromatic heterocycles. The number of sulfonamides is 1. The zero-order chi connectivity index (χ0) is 16.4. The Morgan fingerprint density at radius 1 is 1.05 bits per heavy atom. The molecule has 0 spiro atoms. The van der Waals surface area contributed by atoms with Crippen LogP contribution >= 0.6 is 0 Å². The Bertz CT molecular complexity index is 762. The second kappa shape index (κ2) is 5.76. The second-order valence-corrected chi connectivity index (χ2v) is 5.88. The van der Waals surface area contributed by atoms with Crippen molar-refractivity contribution in [3.63, 3.8) is 0 Å². The third-order valence-corrected chi connectivity index (χ3v) is 4.06. The van der Waals surface area contributed by atoms with Crippen LogP contribution < -0.4 is 4.31 Å². The second-order valence-electron chi connectivity index (χ2n) is 4.10. The monoisotopic (exact) mass is 330 g/mol. The van der Waals surface area contributed by atoms with Crippen molar-refractivity contribution in [1.82, 2.24) is 4.98 Å². The van der Waals surface area contributed by atoms with Gasteiger partial charge in [0.15, 0.2) is 0 Å². The number of carbonyl (C=O) groups is 1. The van der Waals surface area contributed by atoms with Gasteiger partial charge in [-0.2, -0.15) is 25.9 Å². The summed E-state index contributed by atoms with van der Waals surface area (Å²) in [6, 6.07) is 8.81. The van der Waals surface area contributed by atoms with Crippen LogP contribution in [0.3, 0.4) is 0 Å². The van der Waals surface area contributed by atoms with Gasteiger partial charge in [-0.25, -0.2) is 0 Å². The number of anilines is 1. The van der Waals surface area contributed by atoms with Crippen molar-refractivity contribution < 1.29 is 26.4 Å². The molecular formula is C13H9F3N2O3S. The van der Waals surface area contributed by atoms with Crippen molar-refractivity contribution in [3.05, 3.63) is 60.4 Å². The number of amides is 1. The van der Waals surface area contributed by atoms with Crippen LogP contribution in [0.2, 0.25) is 0 Å². The van der Waals surface area contributed by atoms with Crippen LogP contribution in [0.15, 0.2) is 54.9 Å². The van der Waals surface area contributed by atoms with Crippen LogP contribution in [0.25, 0.3) is 0 Å². The summed E-state index contributed by atoms with van der Waals surface area (Å²) >= 11 is 0. The topological polar surface area (TPSA) is 67.3 Å². The van der Waals surface area contributed by atoms with Gasteiger partial charge in [0.05, 0.1) is 11.3 Å². The fourth-order valence-corrected chi connectivity index (χ4v) is 2.57. The Morgan fingerprint density at radius 3 is 2.18 bits per heavy atom. The zero-order valence-corrected chi connectivity index (χ0v) is 11.7. The molecule has 9 heteroatoms. The average Bonchev–Trinajstić information content (AvgIpc) is 2.48. The Labute approximate surface area is 124 Å². The number of nitrogens with zero attached hydrogens (tertiary/aromatic N) is 2. The number of hydrogen-bond donors (Lipinski definition) is 0. The fraction of sp³-hybridized carbons (Fsp3) is 0.0769. The number of halogens is 3. The zero-order valence-electron chi connectivity index (χ0n) is 10.9. The average molecular weight is 330 g/mol. The Balaban J connectivity index is 2.60. The van der Waals surface area contributed by atoms with E-state index in [0.29, 0.717) is 0 Å². The first kappa shape index (κ1) is 16.0. The van der Waals surface area contributed by atoms with E-state index in [1.807, 2.05) is 0 Å². The van der Waals surface area contributed by atoms with E-state index >= 15 is 0 Å². The molecule has 2 aromatic rings. The maximum atomic E-state index is 12.8. The Morgan fingerprint density at radius 2 is 1.68 bits per heavy atom. The molecule has 0 unspecified atom stereocenters. The standard InChI is InChI=1S/C13H9F3N2O3S/c14-13(15,16)22(20,21)18(11-6-2-1-3-7-11)12(19)10-5-4-8-17-9-10/h1-9H. The van der Waals surface area contributed by atoms with Crippen LogP contribution in [0.5, 0.6) is 0 Å². The SMILES string of the molecule is O=C(c1cccnc1)N(c1ccccc1)S(=O)(=O)C(F)(F)F. The number of aromatic nitrogens is 1. The predicted octanol–water partition coefficient (Wildman–Crippen LogP) is 2.58. The van der Waals surface area contributed by atoms with Crippen molar-refractivity contribution in [2.45, 2.75) is 5.51 Å². The van der Waals surface area contributed by atoms with Gasteiger partial charge < -0.3 is 0 Å². The van der Waals surface area contributed by atoms with E-state index in [4.69, 9.17) is 0 Å². The molecule has 1 aromatic carbocycles. The van der Waals surface area contributed by atoms with E-state index in [2.05, 4.69) is 4.98 Å². The number of carbonyl (C=O) groups excluding carboxylic acids is 1. The molecule has 0 N–H and O–H groups in total. The predicted molar refractivity (Wildman–Crippen MR) is 72.5 cm³/mol. The molecule has 0 saturated heterocycles. The first-order chi connectivity index (χ1) is 10.2. The van der Waals surface area contributed by atoms with Crippen LogP contribution in [0, 0.1) is 0 Å². The molecule has 0 atom stereocenters. The van der Waals surface area contributed by atoms with E-state index in [9.17, 15) is 26.4 Å². The first-order valence-electron chi connectivity index (χ1n) is 5.86. The maximum absolute atomic E-state index is 12.8. The molecule has 0 bridgehead atoms. The quantitative estimate of drug-likeness (QED) is 0.867. The van der Waals surface area contributed by atoms with Gasteiger partial charge in [0.25, 0.3) is 5.91 Å². The molecule has 5 nitrogen and oxygen atoms in total. The van der Waals surface area contributed by atoms with Crippen LogP contribution in [0.4, 0.5) is 18.9 Å². The van der Waals surface area contributed by atoms with Crippen molar-refractivity contribution in [2.24, 2.45) is 0 Å². The smallest absolute Gasteiger partial charge is 0.268 e. The van der Waals surface area contributed by atoms with E-state index < -0.39 is 27.1 Å². The van der Waals surface area contributed by atoms with Gasteiger partial charge in [0.2, 0.25) is 0 Å².